The van der Waals surface area contributed by atoms with Gasteiger partial charge >= 0.3 is 0 Å². The molecule has 3 heteroatoms. The molecular formula is C16H21FO2. The molecule has 104 valence electrons. The van der Waals surface area contributed by atoms with Gasteiger partial charge in [0.05, 0.1) is 12.4 Å². The van der Waals surface area contributed by atoms with E-state index in [2.05, 4.69) is 0 Å². The number of benzene rings is 1. The minimum absolute atomic E-state index is 0.285. The first-order valence-corrected chi connectivity index (χ1v) is 6.84. The van der Waals surface area contributed by atoms with Crippen molar-refractivity contribution in [3.63, 3.8) is 0 Å². The standard InChI is InChI=1S/C16H21FO2/c1-3-10-19-16-9-6-13(11-15(16)17)12-4-7-14(18-2)8-5-12/h3,6,9-12,14H,4-5,7-8H2,1-2H3/b10-3+. The number of methoxy groups -OCH3 is 1. The topological polar surface area (TPSA) is 18.5 Å². The average Bonchev–Trinajstić information content (AvgIpc) is 2.46. The van der Waals surface area contributed by atoms with Gasteiger partial charge in [-0.25, -0.2) is 4.39 Å². The molecule has 0 unspecified atom stereocenters. The molecule has 2 rings (SSSR count). The average molecular weight is 264 g/mol. The third-order valence-electron chi connectivity index (χ3n) is 3.77. The number of halogens is 1. The monoisotopic (exact) mass is 264 g/mol. The Labute approximate surface area is 114 Å². The molecule has 1 aliphatic carbocycles. The number of allylic oxidation sites excluding steroid dienone is 1. The van der Waals surface area contributed by atoms with E-state index in [4.69, 9.17) is 9.47 Å². The highest BCUT2D eigenvalue weighted by Gasteiger charge is 2.22. The molecule has 0 spiro atoms. The van der Waals surface area contributed by atoms with Gasteiger partial charge in [0.2, 0.25) is 0 Å². The van der Waals surface area contributed by atoms with Gasteiger partial charge in [0.1, 0.15) is 0 Å². The van der Waals surface area contributed by atoms with Crippen molar-refractivity contribution in [3.8, 4) is 5.75 Å². The molecule has 0 aromatic heterocycles. The van der Waals surface area contributed by atoms with E-state index in [-0.39, 0.29) is 11.6 Å². The predicted molar refractivity (Wildman–Crippen MR) is 73.8 cm³/mol. The van der Waals surface area contributed by atoms with Crippen LogP contribution in [-0.4, -0.2) is 13.2 Å². The van der Waals surface area contributed by atoms with Crippen molar-refractivity contribution < 1.29 is 13.9 Å². The zero-order chi connectivity index (χ0) is 13.7. The maximum atomic E-state index is 13.9. The van der Waals surface area contributed by atoms with Crippen LogP contribution >= 0.6 is 0 Å². The summed E-state index contributed by atoms with van der Waals surface area (Å²) in [7, 11) is 1.76. The van der Waals surface area contributed by atoms with Crippen LogP contribution in [0.3, 0.4) is 0 Å². The second-order valence-electron chi connectivity index (χ2n) is 4.99. The Morgan fingerprint density at radius 3 is 2.53 bits per heavy atom. The summed E-state index contributed by atoms with van der Waals surface area (Å²) in [6, 6.07) is 5.30. The largest absolute Gasteiger partial charge is 0.462 e. The molecule has 1 saturated carbocycles. The lowest BCUT2D eigenvalue weighted by Crippen LogP contribution is -2.19. The number of hydrogen-bond acceptors (Lipinski definition) is 2. The van der Waals surface area contributed by atoms with E-state index in [0.717, 1.165) is 31.2 Å². The molecule has 1 aromatic rings. The molecule has 0 amide bonds. The minimum atomic E-state index is -0.288. The van der Waals surface area contributed by atoms with Crippen LogP contribution in [0.15, 0.2) is 30.5 Å². The van der Waals surface area contributed by atoms with Gasteiger partial charge in [-0.15, -0.1) is 0 Å². The van der Waals surface area contributed by atoms with Crippen LogP contribution in [0.5, 0.6) is 5.75 Å². The maximum Gasteiger partial charge on any atom is 0.165 e. The predicted octanol–water partition coefficient (Wildman–Crippen LogP) is 4.41. The summed E-state index contributed by atoms with van der Waals surface area (Å²) in [5.74, 6) is 0.438. The molecule has 1 fully saturated rings. The first-order valence-electron chi connectivity index (χ1n) is 6.84. The molecule has 0 atom stereocenters. The van der Waals surface area contributed by atoms with E-state index in [0.29, 0.717) is 12.0 Å². The van der Waals surface area contributed by atoms with Crippen LogP contribution in [-0.2, 0) is 4.74 Å². The fraction of sp³-hybridized carbons (Fsp3) is 0.500. The summed E-state index contributed by atoms with van der Waals surface area (Å²) in [6.45, 7) is 1.83. The van der Waals surface area contributed by atoms with Gasteiger partial charge in [-0.2, -0.15) is 0 Å². The maximum absolute atomic E-state index is 13.9. The van der Waals surface area contributed by atoms with Crippen molar-refractivity contribution >= 4 is 0 Å². The molecule has 0 heterocycles. The van der Waals surface area contributed by atoms with Gasteiger partial charge in [0, 0.05) is 7.11 Å². The normalized spacial score (nSPS) is 23.7. The Balaban J connectivity index is 2.03. The van der Waals surface area contributed by atoms with Gasteiger partial charge in [0.25, 0.3) is 0 Å². The van der Waals surface area contributed by atoms with Crippen molar-refractivity contribution in [1.82, 2.24) is 0 Å². The van der Waals surface area contributed by atoms with Gasteiger partial charge < -0.3 is 9.47 Å². The summed E-state index contributed by atoms with van der Waals surface area (Å²) in [5, 5.41) is 0. The SMILES string of the molecule is C/C=C/Oc1ccc(C2CCC(OC)CC2)cc1F. The number of ether oxygens (including phenoxy) is 2. The summed E-state index contributed by atoms with van der Waals surface area (Å²) in [4.78, 5) is 0. The molecule has 1 aromatic carbocycles. The lowest BCUT2D eigenvalue weighted by molar-refractivity contribution is 0.0658. The van der Waals surface area contributed by atoms with Crippen molar-refractivity contribution in [2.75, 3.05) is 7.11 Å². The second-order valence-corrected chi connectivity index (χ2v) is 4.99. The fourth-order valence-electron chi connectivity index (χ4n) is 2.64. The van der Waals surface area contributed by atoms with E-state index in [1.54, 1.807) is 25.3 Å². The molecule has 1 aliphatic rings. The van der Waals surface area contributed by atoms with Crippen molar-refractivity contribution in [2.24, 2.45) is 0 Å². The summed E-state index contributed by atoms with van der Waals surface area (Å²) in [6.07, 6.45) is 7.83. The Morgan fingerprint density at radius 2 is 1.95 bits per heavy atom. The van der Waals surface area contributed by atoms with E-state index in [1.165, 1.54) is 6.26 Å². The van der Waals surface area contributed by atoms with Gasteiger partial charge in [-0.3, -0.25) is 0 Å². The molecule has 0 aliphatic heterocycles. The smallest absolute Gasteiger partial charge is 0.165 e. The fourth-order valence-corrected chi connectivity index (χ4v) is 2.64. The van der Waals surface area contributed by atoms with Crippen LogP contribution < -0.4 is 4.74 Å². The highest BCUT2D eigenvalue weighted by molar-refractivity contribution is 5.32. The second kappa shape index (κ2) is 6.71. The Bertz CT molecular complexity index is 434. The molecule has 2 nitrogen and oxygen atoms in total. The van der Waals surface area contributed by atoms with Crippen LogP contribution in [0.25, 0.3) is 0 Å². The first-order chi connectivity index (χ1) is 9.24. The lowest BCUT2D eigenvalue weighted by Gasteiger charge is -2.27. The third kappa shape index (κ3) is 3.57. The highest BCUT2D eigenvalue weighted by atomic mass is 19.1. The quantitative estimate of drug-likeness (QED) is 0.750. The van der Waals surface area contributed by atoms with Gasteiger partial charge in [0.15, 0.2) is 11.6 Å². The molecule has 19 heavy (non-hydrogen) atoms. The Hall–Kier alpha value is -1.35. The molecule has 0 saturated heterocycles. The van der Waals surface area contributed by atoms with Crippen LogP contribution in [0.1, 0.15) is 44.1 Å². The van der Waals surface area contributed by atoms with Crippen molar-refractivity contribution in [1.29, 1.82) is 0 Å². The Kier molecular flexibility index (Phi) is 4.97. The van der Waals surface area contributed by atoms with Crippen LogP contribution in [0, 0.1) is 5.82 Å². The summed E-state index contributed by atoms with van der Waals surface area (Å²) < 4.78 is 24.4. The summed E-state index contributed by atoms with van der Waals surface area (Å²) >= 11 is 0. The van der Waals surface area contributed by atoms with Crippen molar-refractivity contribution in [3.05, 3.63) is 41.9 Å². The lowest BCUT2D eigenvalue weighted by atomic mass is 9.82. The van der Waals surface area contributed by atoms with Crippen LogP contribution in [0.2, 0.25) is 0 Å². The molecular weight excluding hydrogens is 243 g/mol. The number of hydrogen-bond donors (Lipinski definition) is 0. The molecule has 0 radical (unpaired) electrons. The van der Waals surface area contributed by atoms with Crippen molar-refractivity contribution in [2.45, 2.75) is 44.6 Å². The van der Waals surface area contributed by atoms with E-state index in [9.17, 15) is 4.39 Å². The zero-order valence-corrected chi connectivity index (χ0v) is 11.6. The number of rotatable bonds is 4. The van der Waals surface area contributed by atoms with Gasteiger partial charge in [-0.1, -0.05) is 12.1 Å². The third-order valence-corrected chi connectivity index (χ3v) is 3.77. The zero-order valence-electron chi connectivity index (χ0n) is 11.6. The van der Waals surface area contributed by atoms with E-state index in [1.807, 2.05) is 13.0 Å². The van der Waals surface area contributed by atoms with Gasteiger partial charge in [-0.05, 0) is 56.2 Å². The highest BCUT2D eigenvalue weighted by Crippen LogP contribution is 2.35. The first kappa shape index (κ1) is 14.1. The summed E-state index contributed by atoms with van der Waals surface area (Å²) in [5.41, 5.74) is 1.07. The molecule has 0 bridgehead atoms. The molecule has 0 N–H and O–H groups in total. The Morgan fingerprint density at radius 1 is 1.21 bits per heavy atom. The van der Waals surface area contributed by atoms with E-state index >= 15 is 0 Å². The van der Waals surface area contributed by atoms with Crippen LogP contribution in [0.4, 0.5) is 4.39 Å². The van der Waals surface area contributed by atoms with E-state index < -0.39 is 0 Å². The minimum Gasteiger partial charge on any atom is -0.462 e.